The highest BCUT2D eigenvalue weighted by Gasteiger charge is 2.20. The molecule has 0 bridgehead atoms. The predicted octanol–water partition coefficient (Wildman–Crippen LogP) is 1.48. The van der Waals surface area contributed by atoms with Crippen LogP contribution in [0.3, 0.4) is 0 Å². The van der Waals surface area contributed by atoms with Gasteiger partial charge in [0, 0.05) is 18.8 Å². The zero-order chi connectivity index (χ0) is 13.7. The van der Waals surface area contributed by atoms with E-state index in [9.17, 15) is 0 Å². The van der Waals surface area contributed by atoms with Gasteiger partial charge in [0.25, 0.3) is 0 Å². The largest absolute Gasteiger partial charge is 0.360 e. The second-order valence-corrected chi connectivity index (χ2v) is 4.66. The highest BCUT2D eigenvalue weighted by atomic mass is 16.5. The Bertz CT molecular complexity index is 440. The van der Waals surface area contributed by atoms with Gasteiger partial charge in [-0.25, -0.2) is 4.98 Å². The first-order valence-corrected chi connectivity index (χ1v) is 6.70. The summed E-state index contributed by atoms with van der Waals surface area (Å²) >= 11 is 0. The fraction of sp³-hybridized carbons (Fsp3) is 0.571. The molecule has 1 N–H and O–H groups in total. The van der Waals surface area contributed by atoms with Gasteiger partial charge >= 0.3 is 0 Å². The third kappa shape index (κ3) is 3.43. The minimum Gasteiger partial charge on any atom is -0.360 e. The van der Waals surface area contributed by atoms with Crippen LogP contribution in [0, 0.1) is 11.3 Å². The quantitative estimate of drug-likeness (QED) is 0.888. The fourth-order valence-corrected chi connectivity index (χ4v) is 2.20. The Kier molecular flexibility index (Phi) is 4.72. The molecule has 1 aliphatic rings. The fourth-order valence-electron chi connectivity index (χ4n) is 2.20. The first-order chi connectivity index (χ1) is 9.24. The first kappa shape index (κ1) is 13.8. The van der Waals surface area contributed by atoms with Crippen LogP contribution in [0.15, 0.2) is 18.3 Å². The molecule has 0 radical (unpaired) electrons. The van der Waals surface area contributed by atoms with Crippen molar-refractivity contribution in [2.75, 3.05) is 31.1 Å². The third-order valence-electron chi connectivity index (χ3n) is 3.32. The Morgan fingerprint density at radius 3 is 3.11 bits per heavy atom. The zero-order valence-electron chi connectivity index (χ0n) is 11.5. The van der Waals surface area contributed by atoms with Crippen LogP contribution in [0.2, 0.25) is 0 Å². The molecule has 5 nitrogen and oxygen atoms in total. The summed E-state index contributed by atoms with van der Waals surface area (Å²) in [7, 11) is 0. The number of nitriles is 1. The van der Waals surface area contributed by atoms with Gasteiger partial charge in [0.05, 0.1) is 19.2 Å². The Hall–Kier alpha value is -1.64. The number of aromatic nitrogens is 1. The van der Waals surface area contributed by atoms with Crippen LogP contribution in [0.25, 0.3) is 0 Å². The van der Waals surface area contributed by atoms with E-state index in [-0.39, 0.29) is 6.10 Å². The summed E-state index contributed by atoms with van der Waals surface area (Å²) in [6.07, 6.45) is 1.55. The number of nitrogens with one attached hydrogen (secondary N) is 1. The maximum Gasteiger partial charge on any atom is 0.161 e. The summed E-state index contributed by atoms with van der Waals surface area (Å²) < 4.78 is 5.33. The minimum atomic E-state index is -0.351. The van der Waals surface area contributed by atoms with E-state index in [1.165, 1.54) is 5.56 Å². The molecule has 0 spiro atoms. The van der Waals surface area contributed by atoms with Crippen molar-refractivity contribution in [3.05, 3.63) is 23.9 Å². The van der Waals surface area contributed by atoms with Gasteiger partial charge in [0.2, 0.25) is 0 Å². The van der Waals surface area contributed by atoms with Gasteiger partial charge in [-0.3, -0.25) is 0 Å². The van der Waals surface area contributed by atoms with E-state index < -0.39 is 0 Å². The van der Waals surface area contributed by atoms with E-state index in [1.807, 2.05) is 12.3 Å². The van der Waals surface area contributed by atoms with E-state index in [0.717, 1.165) is 18.9 Å². The summed E-state index contributed by atoms with van der Waals surface area (Å²) in [4.78, 5) is 6.59. The summed E-state index contributed by atoms with van der Waals surface area (Å²) in [5, 5.41) is 12.3. The van der Waals surface area contributed by atoms with Crippen molar-refractivity contribution in [3.63, 3.8) is 0 Å². The van der Waals surface area contributed by atoms with E-state index in [1.54, 1.807) is 0 Å². The second-order valence-electron chi connectivity index (χ2n) is 4.66. The van der Waals surface area contributed by atoms with Gasteiger partial charge in [0.1, 0.15) is 5.82 Å². The normalized spacial score (nSPS) is 20.9. The van der Waals surface area contributed by atoms with Gasteiger partial charge in [0.15, 0.2) is 6.10 Å². The number of ether oxygens (including phenoxy) is 1. The van der Waals surface area contributed by atoms with Gasteiger partial charge in [-0.2, -0.15) is 5.26 Å². The minimum absolute atomic E-state index is 0.308. The van der Waals surface area contributed by atoms with Crippen molar-refractivity contribution in [2.45, 2.75) is 26.0 Å². The molecular formula is C14H20N4O. The molecular weight excluding hydrogens is 240 g/mol. The van der Waals surface area contributed by atoms with Crippen LogP contribution in [0.5, 0.6) is 0 Å². The van der Waals surface area contributed by atoms with Crippen molar-refractivity contribution in [2.24, 2.45) is 0 Å². The van der Waals surface area contributed by atoms with E-state index in [0.29, 0.717) is 19.2 Å². The Balaban J connectivity index is 2.04. The maximum absolute atomic E-state index is 8.90. The molecule has 0 amide bonds. The van der Waals surface area contributed by atoms with Crippen molar-refractivity contribution < 1.29 is 4.74 Å². The number of morpholine rings is 1. The molecule has 5 heteroatoms. The smallest absolute Gasteiger partial charge is 0.161 e. The van der Waals surface area contributed by atoms with Crippen molar-refractivity contribution in [1.29, 1.82) is 5.26 Å². The molecule has 0 saturated carbocycles. The van der Waals surface area contributed by atoms with Crippen LogP contribution >= 0.6 is 0 Å². The zero-order valence-corrected chi connectivity index (χ0v) is 11.5. The number of anilines is 1. The monoisotopic (exact) mass is 260 g/mol. The van der Waals surface area contributed by atoms with Crippen molar-refractivity contribution >= 4 is 5.82 Å². The summed E-state index contributed by atoms with van der Waals surface area (Å²) in [5.74, 6) is 0.913. The lowest BCUT2D eigenvalue weighted by molar-refractivity contribution is 0.0761. The van der Waals surface area contributed by atoms with Gasteiger partial charge in [-0.15, -0.1) is 0 Å². The van der Waals surface area contributed by atoms with Crippen LogP contribution < -0.4 is 10.2 Å². The molecule has 0 aromatic carbocycles. The lowest BCUT2D eigenvalue weighted by atomic mass is 10.1. The summed E-state index contributed by atoms with van der Waals surface area (Å²) in [5.41, 5.74) is 1.18. The number of hydrogen-bond donors (Lipinski definition) is 1. The molecule has 2 rings (SSSR count). The molecule has 2 unspecified atom stereocenters. The standard InChI is InChI=1S/C14H20N4O/c1-3-16-11(2)12-4-5-14(17-9-12)18-6-7-19-13(8-15)10-18/h4-5,9,11,13,16H,3,6-7,10H2,1-2H3. The Morgan fingerprint density at radius 1 is 1.63 bits per heavy atom. The number of pyridine rings is 1. The van der Waals surface area contributed by atoms with Gasteiger partial charge < -0.3 is 15.0 Å². The molecule has 19 heavy (non-hydrogen) atoms. The lowest BCUT2D eigenvalue weighted by Gasteiger charge is -2.30. The molecule has 0 aliphatic carbocycles. The lowest BCUT2D eigenvalue weighted by Crippen LogP contribution is -2.42. The van der Waals surface area contributed by atoms with Gasteiger partial charge in [-0.1, -0.05) is 13.0 Å². The Labute approximate surface area is 114 Å². The van der Waals surface area contributed by atoms with Crippen LogP contribution in [-0.4, -0.2) is 37.3 Å². The van der Waals surface area contributed by atoms with E-state index >= 15 is 0 Å². The van der Waals surface area contributed by atoms with E-state index in [4.69, 9.17) is 10.00 Å². The molecule has 1 aromatic rings. The topological polar surface area (TPSA) is 61.2 Å². The SMILES string of the molecule is CCNC(C)c1ccc(N2CCOC(C#N)C2)nc1. The average molecular weight is 260 g/mol. The molecule has 1 fully saturated rings. The predicted molar refractivity (Wildman–Crippen MR) is 73.9 cm³/mol. The highest BCUT2D eigenvalue weighted by molar-refractivity contribution is 5.40. The third-order valence-corrected chi connectivity index (χ3v) is 3.32. The van der Waals surface area contributed by atoms with Crippen molar-refractivity contribution in [3.8, 4) is 6.07 Å². The number of hydrogen-bond acceptors (Lipinski definition) is 5. The van der Waals surface area contributed by atoms with Gasteiger partial charge in [-0.05, 0) is 25.1 Å². The second kappa shape index (κ2) is 6.50. The molecule has 2 atom stereocenters. The molecule has 1 aromatic heterocycles. The molecule has 1 saturated heterocycles. The maximum atomic E-state index is 8.90. The van der Waals surface area contributed by atoms with Crippen molar-refractivity contribution in [1.82, 2.24) is 10.3 Å². The molecule has 1 aliphatic heterocycles. The average Bonchev–Trinajstić information content (AvgIpc) is 2.48. The van der Waals surface area contributed by atoms with Crippen LogP contribution in [-0.2, 0) is 4.74 Å². The number of rotatable bonds is 4. The Morgan fingerprint density at radius 2 is 2.47 bits per heavy atom. The first-order valence-electron chi connectivity index (χ1n) is 6.70. The summed E-state index contributed by atoms with van der Waals surface area (Å²) in [6, 6.07) is 6.56. The highest BCUT2D eigenvalue weighted by Crippen LogP contribution is 2.18. The number of nitrogens with zero attached hydrogens (tertiary/aromatic N) is 3. The van der Waals surface area contributed by atoms with Crippen LogP contribution in [0.4, 0.5) is 5.82 Å². The van der Waals surface area contributed by atoms with E-state index in [2.05, 4.69) is 41.2 Å². The summed E-state index contributed by atoms with van der Waals surface area (Å²) in [6.45, 7) is 7.11. The molecule has 2 heterocycles. The molecule has 102 valence electrons. The van der Waals surface area contributed by atoms with Crippen LogP contribution in [0.1, 0.15) is 25.5 Å².